The molecule has 0 atom stereocenters. The van der Waals surface area contributed by atoms with Gasteiger partial charge in [-0.25, -0.2) is 4.98 Å². The van der Waals surface area contributed by atoms with Gasteiger partial charge in [0.1, 0.15) is 11.5 Å². The number of nitrogens with zero attached hydrogens (tertiary/aromatic N) is 2. The lowest BCUT2D eigenvalue weighted by Gasteiger charge is -2.20. The van der Waals surface area contributed by atoms with Gasteiger partial charge in [-0.15, -0.1) is 0 Å². The van der Waals surface area contributed by atoms with Crippen LogP contribution in [-0.4, -0.2) is 23.1 Å². The molecule has 1 heterocycles. The first kappa shape index (κ1) is 14.9. The van der Waals surface area contributed by atoms with Gasteiger partial charge in [0.05, 0.1) is 7.11 Å². The summed E-state index contributed by atoms with van der Waals surface area (Å²) in [5.41, 5.74) is 6.62. The van der Waals surface area contributed by atoms with Gasteiger partial charge in [0.2, 0.25) is 5.88 Å². The van der Waals surface area contributed by atoms with Crippen LogP contribution in [0.25, 0.3) is 0 Å². The van der Waals surface area contributed by atoms with Crippen LogP contribution in [-0.2, 0) is 0 Å². The van der Waals surface area contributed by atoms with Crippen molar-refractivity contribution in [2.24, 2.45) is 0 Å². The zero-order valence-corrected chi connectivity index (χ0v) is 12.8. The van der Waals surface area contributed by atoms with Crippen molar-refractivity contribution in [3.63, 3.8) is 0 Å². The van der Waals surface area contributed by atoms with Crippen molar-refractivity contribution in [3.8, 4) is 5.88 Å². The summed E-state index contributed by atoms with van der Waals surface area (Å²) < 4.78 is 5.27. The van der Waals surface area contributed by atoms with E-state index < -0.39 is 0 Å². The summed E-state index contributed by atoms with van der Waals surface area (Å²) in [6, 6.07) is 0.458. The molecule has 0 bridgehead atoms. The monoisotopic (exact) mass is 278 g/mol. The number of anilines is 2. The molecule has 1 aliphatic rings. The second-order valence-electron chi connectivity index (χ2n) is 5.84. The molecule has 0 unspecified atom stereocenters. The van der Waals surface area contributed by atoms with Crippen LogP contribution in [0.1, 0.15) is 64.1 Å². The zero-order chi connectivity index (χ0) is 14.5. The van der Waals surface area contributed by atoms with E-state index in [1.807, 2.05) is 0 Å². The molecule has 0 saturated heterocycles. The molecule has 5 heteroatoms. The quantitative estimate of drug-likeness (QED) is 0.826. The summed E-state index contributed by atoms with van der Waals surface area (Å²) in [4.78, 5) is 8.94. The summed E-state index contributed by atoms with van der Waals surface area (Å²) in [6.07, 6.45) is 7.58. The summed E-state index contributed by atoms with van der Waals surface area (Å²) in [5, 5.41) is 3.50. The maximum atomic E-state index is 6.11. The molecule has 1 fully saturated rings. The van der Waals surface area contributed by atoms with Crippen LogP contribution in [0, 0.1) is 0 Å². The van der Waals surface area contributed by atoms with Gasteiger partial charge in [-0.3, -0.25) is 0 Å². The van der Waals surface area contributed by atoms with Gasteiger partial charge in [0.25, 0.3) is 0 Å². The number of nitrogen functional groups attached to an aromatic ring is 1. The van der Waals surface area contributed by atoms with Gasteiger partial charge < -0.3 is 15.8 Å². The molecule has 20 heavy (non-hydrogen) atoms. The third kappa shape index (κ3) is 3.52. The largest absolute Gasteiger partial charge is 0.479 e. The van der Waals surface area contributed by atoms with E-state index in [2.05, 4.69) is 29.1 Å². The Morgan fingerprint density at radius 3 is 2.35 bits per heavy atom. The second-order valence-corrected chi connectivity index (χ2v) is 5.84. The summed E-state index contributed by atoms with van der Waals surface area (Å²) >= 11 is 0. The Kier molecular flexibility index (Phi) is 5.04. The lowest BCUT2D eigenvalue weighted by atomic mass is 10.1. The third-order valence-electron chi connectivity index (χ3n) is 3.83. The number of nitrogens with two attached hydrogens (primary N) is 1. The highest BCUT2D eigenvalue weighted by Gasteiger charge is 2.18. The maximum absolute atomic E-state index is 6.11. The molecule has 0 amide bonds. The van der Waals surface area contributed by atoms with Crippen molar-refractivity contribution >= 4 is 11.5 Å². The molecule has 0 aromatic carbocycles. The average molecular weight is 278 g/mol. The minimum absolute atomic E-state index is 0.249. The first-order chi connectivity index (χ1) is 9.61. The van der Waals surface area contributed by atoms with E-state index >= 15 is 0 Å². The number of ether oxygens (including phenoxy) is 1. The number of hydrogen-bond acceptors (Lipinski definition) is 5. The average Bonchev–Trinajstić information content (AvgIpc) is 2.69. The summed E-state index contributed by atoms with van der Waals surface area (Å²) in [5.74, 6) is 2.22. The molecular weight excluding hydrogens is 252 g/mol. The maximum Gasteiger partial charge on any atom is 0.242 e. The van der Waals surface area contributed by atoms with Crippen LogP contribution in [0.15, 0.2) is 0 Å². The normalized spacial score (nSPS) is 17.0. The Hall–Kier alpha value is -1.52. The van der Waals surface area contributed by atoms with Crippen LogP contribution < -0.4 is 15.8 Å². The van der Waals surface area contributed by atoms with Crippen LogP contribution >= 0.6 is 0 Å². The van der Waals surface area contributed by atoms with Crippen molar-refractivity contribution in [2.75, 3.05) is 18.2 Å². The van der Waals surface area contributed by atoms with Crippen molar-refractivity contribution in [1.82, 2.24) is 9.97 Å². The van der Waals surface area contributed by atoms with E-state index in [0.29, 0.717) is 17.6 Å². The SMILES string of the molecule is COc1nc(C(C)C)nc(NC2CCCCCC2)c1N. The standard InChI is InChI=1S/C15H26N4O/c1-10(2)13-18-14(12(16)15(19-13)20-3)17-11-8-6-4-5-7-9-11/h10-11H,4-9,16H2,1-3H3,(H,17,18,19). The highest BCUT2D eigenvalue weighted by atomic mass is 16.5. The van der Waals surface area contributed by atoms with E-state index in [9.17, 15) is 0 Å². The summed E-state index contributed by atoms with van der Waals surface area (Å²) in [7, 11) is 1.60. The highest BCUT2D eigenvalue weighted by molar-refractivity contribution is 5.67. The Morgan fingerprint density at radius 2 is 1.80 bits per heavy atom. The molecule has 3 N–H and O–H groups in total. The van der Waals surface area contributed by atoms with Crippen molar-refractivity contribution in [2.45, 2.75) is 64.3 Å². The Labute approximate surface area is 121 Å². The topological polar surface area (TPSA) is 73.1 Å². The fraction of sp³-hybridized carbons (Fsp3) is 0.733. The second kappa shape index (κ2) is 6.77. The number of aromatic nitrogens is 2. The smallest absolute Gasteiger partial charge is 0.242 e. The molecule has 1 saturated carbocycles. The van der Waals surface area contributed by atoms with Crippen LogP contribution in [0.3, 0.4) is 0 Å². The first-order valence-corrected chi connectivity index (χ1v) is 7.59. The number of hydrogen-bond donors (Lipinski definition) is 2. The molecule has 0 radical (unpaired) electrons. The number of nitrogens with one attached hydrogen (secondary N) is 1. The summed E-state index contributed by atoms with van der Waals surface area (Å²) in [6.45, 7) is 4.14. The molecule has 0 spiro atoms. The van der Waals surface area contributed by atoms with E-state index in [1.54, 1.807) is 7.11 Å². The van der Waals surface area contributed by atoms with Gasteiger partial charge >= 0.3 is 0 Å². The third-order valence-corrected chi connectivity index (χ3v) is 3.83. The molecule has 112 valence electrons. The molecule has 2 rings (SSSR count). The van der Waals surface area contributed by atoms with Crippen molar-refractivity contribution in [3.05, 3.63) is 5.82 Å². The Bertz CT molecular complexity index is 440. The van der Waals surface area contributed by atoms with E-state index in [-0.39, 0.29) is 5.92 Å². The van der Waals surface area contributed by atoms with Crippen LogP contribution in [0.4, 0.5) is 11.5 Å². The highest BCUT2D eigenvalue weighted by Crippen LogP contribution is 2.30. The molecule has 1 aromatic rings. The zero-order valence-electron chi connectivity index (χ0n) is 12.8. The van der Waals surface area contributed by atoms with Gasteiger partial charge in [-0.2, -0.15) is 4.98 Å². The van der Waals surface area contributed by atoms with Crippen LogP contribution in [0.2, 0.25) is 0 Å². The minimum Gasteiger partial charge on any atom is -0.479 e. The van der Waals surface area contributed by atoms with Gasteiger partial charge in [0.15, 0.2) is 5.82 Å². The van der Waals surface area contributed by atoms with Crippen molar-refractivity contribution < 1.29 is 4.74 Å². The Balaban J connectivity index is 2.22. The van der Waals surface area contributed by atoms with Crippen LogP contribution in [0.5, 0.6) is 5.88 Å². The fourth-order valence-corrected chi connectivity index (χ4v) is 2.61. The number of rotatable bonds is 4. The van der Waals surface area contributed by atoms with Gasteiger partial charge in [-0.1, -0.05) is 39.5 Å². The van der Waals surface area contributed by atoms with E-state index in [4.69, 9.17) is 10.5 Å². The van der Waals surface area contributed by atoms with E-state index in [0.717, 1.165) is 11.6 Å². The molecule has 1 aromatic heterocycles. The van der Waals surface area contributed by atoms with Crippen molar-refractivity contribution in [1.29, 1.82) is 0 Å². The van der Waals surface area contributed by atoms with Gasteiger partial charge in [-0.05, 0) is 12.8 Å². The van der Waals surface area contributed by atoms with Gasteiger partial charge in [0, 0.05) is 12.0 Å². The first-order valence-electron chi connectivity index (χ1n) is 7.59. The fourth-order valence-electron chi connectivity index (χ4n) is 2.61. The lowest BCUT2D eigenvalue weighted by Crippen LogP contribution is -2.21. The number of methoxy groups -OCH3 is 1. The molecule has 1 aliphatic carbocycles. The lowest BCUT2D eigenvalue weighted by molar-refractivity contribution is 0.396. The Morgan fingerprint density at radius 1 is 1.15 bits per heavy atom. The predicted octanol–water partition coefficient (Wildman–Crippen LogP) is 3.33. The minimum atomic E-state index is 0.249. The predicted molar refractivity (Wildman–Crippen MR) is 82.2 cm³/mol. The molecule has 5 nitrogen and oxygen atoms in total. The van der Waals surface area contributed by atoms with E-state index in [1.165, 1.54) is 38.5 Å². The molecule has 0 aliphatic heterocycles. The molecular formula is C15H26N4O.